The van der Waals surface area contributed by atoms with Crippen LogP contribution >= 0.6 is 0 Å². The van der Waals surface area contributed by atoms with E-state index in [0.29, 0.717) is 28.6 Å². The van der Waals surface area contributed by atoms with E-state index in [0.717, 1.165) is 44.3 Å². The number of pyridine rings is 1. The largest absolute Gasteiger partial charge is 2.00 e. The van der Waals surface area contributed by atoms with Gasteiger partial charge in [-0.15, -0.1) is 35.7 Å². The smallest absolute Gasteiger partial charge is 0.509 e. The quantitative estimate of drug-likeness (QED) is 0.168. The summed E-state index contributed by atoms with van der Waals surface area (Å²) in [5, 5.41) is 2.22. The van der Waals surface area contributed by atoms with E-state index in [1.165, 1.54) is 5.56 Å². The average Bonchev–Trinajstić information content (AvgIpc) is 3.71. The van der Waals surface area contributed by atoms with E-state index in [-0.39, 0.29) is 26.5 Å². The molecule has 0 aliphatic rings. The minimum Gasteiger partial charge on any atom is -0.509 e. The Morgan fingerprint density at radius 3 is 2.28 bits per heavy atom. The normalized spacial score (nSPS) is 12.0. The van der Waals surface area contributed by atoms with Crippen molar-refractivity contribution < 1.29 is 25.8 Å². The third-order valence-corrected chi connectivity index (χ3v) is 8.45. The Morgan fingerprint density at radius 2 is 1.43 bits per heavy atom. The van der Waals surface area contributed by atoms with Gasteiger partial charge in [-0.1, -0.05) is 62.3 Å². The van der Waals surface area contributed by atoms with Gasteiger partial charge in [-0.25, -0.2) is 15.0 Å². The van der Waals surface area contributed by atoms with E-state index in [4.69, 9.17) is 14.7 Å². The van der Waals surface area contributed by atoms with Crippen molar-refractivity contribution in [1.82, 2.24) is 33.5 Å². The molecule has 0 aliphatic heterocycles. The number of imidazole rings is 2. The van der Waals surface area contributed by atoms with Crippen molar-refractivity contribution in [3.05, 3.63) is 127 Å². The first-order valence-electron chi connectivity index (χ1n) is 15.2. The van der Waals surface area contributed by atoms with Gasteiger partial charge in [0.2, 0.25) is 5.78 Å². The van der Waals surface area contributed by atoms with Crippen molar-refractivity contribution in [3.63, 3.8) is 0 Å². The van der Waals surface area contributed by atoms with Crippen LogP contribution in [0.2, 0.25) is 0 Å². The fraction of sp³-hybridized carbons (Fsp3) is 0.105. The summed E-state index contributed by atoms with van der Waals surface area (Å²) in [5.41, 5.74) is 7.22. The predicted molar refractivity (Wildman–Crippen MR) is 180 cm³/mol. The maximum atomic E-state index is 6.46. The number of rotatable bonds is 4. The zero-order valence-corrected chi connectivity index (χ0v) is 28.0. The molecule has 47 heavy (non-hydrogen) atoms. The molecule has 0 aliphatic carbocycles. The molecule has 0 N–H and O–H groups in total. The van der Waals surface area contributed by atoms with Gasteiger partial charge in [0, 0.05) is 35.6 Å². The minimum atomic E-state index is -0.0119. The molecule has 5 aromatic heterocycles. The topological polar surface area (TPSA) is 75.1 Å². The van der Waals surface area contributed by atoms with Crippen LogP contribution in [-0.4, -0.2) is 33.5 Å². The number of nitrogens with zero attached hydrogens (tertiary/aromatic N) is 7. The van der Waals surface area contributed by atoms with E-state index >= 15 is 0 Å². The Morgan fingerprint density at radius 1 is 0.660 bits per heavy atom. The second-order valence-electron chi connectivity index (χ2n) is 12.4. The van der Waals surface area contributed by atoms with Gasteiger partial charge >= 0.3 is 21.1 Å². The van der Waals surface area contributed by atoms with E-state index in [1.807, 2.05) is 47.0 Å². The van der Waals surface area contributed by atoms with Crippen LogP contribution in [0.15, 0.2) is 110 Å². The van der Waals surface area contributed by atoms with E-state index in [2.05, 4.69) is 107 Å². The molecule has 230 valence electrons. The van der Waals surface area contributed by atoms with Gasteiger partial charge in [-0.2, -0.15) is 17.1 Å². The Bertz CT molecular complexity index is 2630. The van der Waals surface area contributed by atoms with Gasteiger partial charge in [0.05, 0.1) is 11.0 Å². The molecule has 0 amide bonds. The van der Waals surface area contributed by atoms with E-state index < -0.39 is 0 Å². The number of ether oxygens (including phenoxy) is 1. The average molecular weight is 793 g/mol. The summed E-state index contributed by atoms with van der Waals surface area (Å²) in [4.78, 5) is 18.6. The molecule has 8 nitrogen and oxygen atoms in total. The van der Waals surface area contributed by atoms with Gasteiger partial charge in [0.25, 0.3) is 0 Å². The predicted octanol–water partition coefficient (Wildman–Crippen LogP) is 8.40. The number of benzene rings is 4. The Balaban J connectivity index is 0.00000324. The molecule has 9 heteroatoms. The second kappa shape index (κ2) is 10.9. The first kappa shape index (κ1) is 29.1. The van der Waals surface area contributed by atoms with Crippen LogP contribution in [0.1, 0.15) is 26.3 Å². The molecular weight excluding hydrogens is 766 g/mol. The van der Waals surface area contributed by atoms with E-state index in [9.17, 15) is 0 Å². The van der Waals surface area contributed by atoms with Crippen LogP contribution in [0.3, 0.4) is 0 Å². The molecule has 0 bridgehead atoms. The zero-order valence-electron chi connectivity index (χ0n) is 25.7. The molecule has 0 atom stereocenters. The standard InChI is InChI=1S/C38H27N7O.Pt/c1-38(2,3)24-17-18-39-34(21-24)44-30-12-5-4-11-28(30)29-16-15-27(23-33(29)44)46-26-10-8-9-25(22-26)43-31-13-6-7-14-32(31)45-36-35(42-37(43)45)40-19-20-41-36;/h4-21H,1-3H3;/q-2;+2. The van der Waals surface area contributed by atoms with Crippen molar-refractivity contribution >= 4 is 49.9 Å². The fourth-order valence-corrected chi connectivity index (χ4v) is 6.28. The summed E-state index contributed by atoms with van der Waals surface area (Å²) in [7, 11) is 0. The number of para-hydroxylation sites is 3. The maximum absolute atomic E-state index is 6.46. The van der Waals surface area contributed by atoms with Crippen LogP contribution in [0, 0.1) is 12.1 Å². The maximum Gasteiger partial charge on any atom is 2.00 e. The number of hydrogen-bond donors (Lipinski definition) is 0. The first-order valence-corrected chi connectivity index (χ1v) is 15.2. The summed E-state index contributed by atoms with van der Waals surface area (Å²) in [6, 6.07) is 37.7. The van der Waals surface area contributed by atoms with Gasteiger partial charge in [0.1, 0.15) is 5.82 Å². The molecule has 0 saturated heterocycles. The van der Waals surface area contributed by atoms with Crippen molar-refractivity contribution in [2.45, 2.75) is 26.2 Å². The van der Waals surface area contributed by atoms with Crippen LogP contribution < -0.4 is 4.74 Å². The molecule has 4 aromatic carbocycles. The van der Waals surface area contributed by atoms with Crippen LogP contribution in [0.25, 0.3) is 61.4 Å². The SMILES string of the molecule is CC(C)(C)c1ccnc(-n2c3[c-]c(Oc4[c-]c(-n5c6ccccc6n6c7nccnc7nc56)ccc4)ccc3c3ccccc32)c1.[Pt+2]. The van der Waals surface area contributed by atoms with Crippen LogP contribution in [-0.2, 0) is 26.5 Å². The van der Waals surface area contributed by atoms with Crippen molar-refractivity contribution in [1.29, 1.82) is 0 Å². The Hall–Kier alpha value is -5.33. The van der Waals surface area contributed by atoms with Crippen LogP contribution in [0.5, 0.6) is 11.5 Å². The van der Waals surface area contributed by atoms with Gasteiger partial charge < -0.3 is 13.9 Å². The Labute approximate surface area is 284 Å². The number of fused-ring (bicyclic) bond motifs is 8. The van der Waals surface area contributed by atoms with E-state index in [1.54, 1.807) is 12.4 Å². The molecule has 0 radical (unpaired) electrons. The number of aromatic nitrogens is 7. The van der Waals surface area contributed by atoms with Crippen molar-refractivity contribution in [2.24, 2.45) is 0 Å². The van der Waals surface area contributed by atoms with Crippen molar-refractivity contribution in [3.8, 4) is 23.0 Å². The molecule has 5 heterocycles. The Kier molecular flexibility index (Phi) is 6.74. The molecule has 9 aromatic rings. The second-order valence-corrected chi connectivity index (χ2v) is 12.4. The third-order valence-electron chi connectivity index (χ3n) is 8.45. The molecule has 0 saturated carbocycles. The third kappa shape index (κ3) is 4.62. The fourth-order valence-electron chi connectivity index (χ4n) is 6.28. The summed E-state index contributed by atoms with van der Waals surface area (Å²) < 4.78 is 12.7. The summed E-state index contributed by atoms with van der Waals surface area (Å²) in [6.07, 6.45) is 5.23. The molecule has 0 spiro atoms. The first-order chi connectivity index (χ1) is 22.4. The molecule has 0 unspecified atom stereocenters. The van der Waals surface area contributed by atoms with Gasteiger partial charge in [0.15, 0.2) is 11.3 Å². The minimum absolute atomic E-state index is 0. The zero-order chi connectivity index (χ0) is 31.0. The van der Waals surface area contributed by atoms with Crippen LogP contribution in [0.4, 0.5) is 0 Å². The number of hydrogen-bond acceptors (Lipinski definition) is 5. The van der Waals surface area contributed by atoms with Gasteiger partial charge in [-0.05, 0) is 46.7 Å². The summed E-state index contributed by atoms with van der Waals surface area (Å²) in [5.74, 6) is 2.70. The van der Waals surface area contributed by atoms with Crippen molar-refractivity contribution in [2.75, 3.05) is 0 Å². The summed E-state index contributed by atoms with van der Waals surface area (Å²) in [6.45, 7) is 6.64. The molecule has 0 fully saturated rings. The molecular formula is C38H27N7OPt. The molecule has 9 rings (SSSR count). The monoisotopic (exact) mass is 792 g/mol. The summed E-state index contributed by atoms with van der Waals surface area (Å²) >= 11 is 0. The van der Waals surface area contributed by atoms with Gasteiger partial charge in [-0.3, -0.25) is 4.40 Å².